The molecule has 0 saturated carbocycles. The van der Waals surface area contributed by atoms with Crippen molar-refractivity contribution in [2.24, 2.45) is 10.9 Å². The molecule has 0 saturated heterocycles. The number of nitrogens with two attached hydrogens (primary N) is 1. The van der Waals surface area contributed by atoms with Gasteiger partial charge in [0.15, 0.2) is 17.2 Å². The smallest absolute Gasteiger partial charge is 0.433 e. The van der Waals surface area contributed by atoms with Gasteiger partial charge in [-0.3, -0.25) is 0 Å². The van der Waals surface area contributed by atoms with Gasteiger partial charge in [-0.05, 0) is 54.6 Å². The van der Waals surface area contributed by atoms with E-state index in [-0.39, 0.29) is 28.3 Å². The number of hydrogen-bond acceptors (Lipinski definition) is 6. The highest BCUT2D eigenvalue weighted by molar-refractivity contribution is 5.99. The van der Waals surface area contributed by atoms with E-state index in [0.29, 0.717) is 15.8 Å². The van der Waals surface area contributed by atoms with Gasteiger partial charge in [0.1, 0.15) is 17.1 Å². The first-order chi connectivity index (χ1) is 16.2. The quantitative estimate of drug-likeness (QED) is 0.154. The Morgan fingerprint density at radius 2 is 1.76 bits per heavy atom. The summed E-state index contributed by atoms with van der Waals surface area (Å²) in [7, 11) is 1.45. The number of halogens is 4. The minimum absolute atomic E-state index is 0.0497. The number of oxime groups is 1. The zero-order valence-corrected chi connectivity index (χ0v) is 17.4. The first-order valence-electron chi connectivity index (χ1n) is 9.58. The van der Waals surface area contributed by atoms with Crippen LogP contribution in [0.15, 0.2) is 65.9 Å². The number of benzene rings is 2. The molecule has 0 aliphatic heterocycles. The zero-order valence-electron chi connectivity index (χ0n) is 17.4. The number of ether oxygens (including phenoxy) is 1. The molecule has 4 aromatic rings. The van der Waals surface area contributed by atoms with E-state index < -0.39 is 23.7 Å². The Morgan fingerprint density at radius 3 is 2.38 bits per heavy atom. The Balaban J connectivity index is 1.73. The third-order valence-corrected chi connectivity index (χ3v) is 4.73. The normalized spacial score (nSPS) is 12.1. The van der Waals surface area contributed by atoms with Crippen LogP contribution < -0.4 is 10.5 Å². The molecule has 2 aromatic heterocycles. The van der Waals surface area contributed by atoms with Crippen molar-refractivity contribution in [2.75, 3.05) is 7.11 Å². The Morgan fingerprint density at radius 1 is 1.09 bits per heavy atom. The lowest BCUT2D eigenvalue weighted by molar-refractivity contribution is -0.142. The number of rotatable bonds is 5. The summed E-state index contributed by atoms with van der Waals surface area (Å²) in [5.74, 6) is -1.37. The van der Waals surface area contributed by atoms with Crippen molar-refractivity contribution in [2.45, 2.75) is 6.18 Å². The molecule has 174 valence electrons. The summed E-state index contributed by atoms with van der Waals surface area (Å²) >= 11 is 0. The molecule has 0 bridgehead atoms. The van der Waals surface area contributed by atoms with E-state index in [1.807, 2.05) is 0 Å². The number of carbonyl (C=O) groups is 1. The molecule has 0 aliphatic carbocycles. The molecule has 0 aliphatic rings. The van der Waals surface area contributed by atoms with Crippen LogP contribution in [-0.4, -0.2) is 33.5 Å². The lowest BCUT2D eigenvalue weighted by Gasteiger charge is -2.11. The van der Waals surface area contributed by atoms with Crippen molar-refractivity contribution in [3.8, 4) is 17.0 Å². The summed E-state index contributed by atoms with van der Waals surface area (Å²) in [4.78, 5) is 21.5. The Kier molecular flexibility index (Phi) is 5.88. The van der Waals surface area contributed by atoms with Crippen molar-refractivity contribution in [1.82, 2.24) is 14.6 Å². The van der Waals surface area contributed by atoms with Gasteiger partial charge in [0.2, 0.25) is 0 Å². The van der Waals surface area contributed by atoms with Crippen LogP contribution in [0.1, 0.15) is 21.6 Å². The molecule has 0 fully saturated rings. The molecule has 2 aromatic carbocycles. The van der Waals surface area contributed by atoms with Crippen LogP contribution in [0.2, 0.25) is 0 Å². The summed E-state index contributed by atoms with van der Waals surface area (Å²) in [5, 5.41) is 7.13. The highest BCUT2D eigenvalue weighted by atomic mass is 19.4. The highest BCUT2D eigenvalue weighted by Gasteiger charge is 2.36. The fraction of sp³-hybridized carbons (Fsp3) is 0.0909. The lowest BCUT2D eigenvalue weighted by Crippen LogP contribution is -2.16. The second kappa shape index (κ2) is 8.81. The molecule has 2 heterocycles. The molecule has 0 radical (unpaired) electrons. The van der Waals surface area contributed by atoms with Gasteiger partial charge in [0, 0.05) is 11.1 Å². The average Bonchev–Trinajstić information content (AvgIpc) is 3.25. The maximum absolute atomic E-state index is 13.7. The number of fused-ring (bicyclic) bond motifs is 1. The summed E-state index contributed by atoms with van der Waals surface area (Å²) in [6.07, 6.45) is -3.90. The van der Waals surface area contributed by atoms with Gasteiger partial charge in [0.05, 0.1) is 19.0 Å². The number of methoxy groups -OCH3 is 1. The largest absolute Gasteiger partial charge is 0.497 e. The number of amidine groups is 1. The molecular formula is C22H15F4N5O3. The molecule has 0 unspecified atom stereocenters. The van der Waals surface area contributed by atoms with Crippen molar-refractivity contribution in [1.29, 1.82) is 0 Å². The van der Waals surface area contributed by atoms with Gasteiger partial charge in [-0.25, -0.2) is 18.7 Å². The van der Waals surface area contributed by atoms with Gasteiger partial charge in [-0.1, -0.05) is 5.16 Å². The fourth-order valence-electron chi connectivity index (χ4n) is 3.03. The molecule has 0 amide bonds. The molecule has 0 spiro atoms. The summed E-state index contributed by atoms with van der Waals surface area (Å²) in [6.45, 7) is 0. The van der Waals surface area contributed by atoms with Crippen LogP contribution in [0.25, 0.3) is 16.9 Å². The number of nitrogens with zero attached hydrogens (tertiary/aromatic N) is 4. The number of carbonyl (C=O) groups excluding carboxylic acids is 1. The van der Waals surface area contributed by atoms with E-state index in [9.17, 15) is 22.4 Å². The predicted molar refractivity (Wildman–Crippen MR) is 113 cm³/mol. The number of alkyl halides is 3. The zero-order chi connectivity index (χ0) is 24.5. The fourth-order valence-corrected chi connectivity index (χ4v) is 3.03. The Hall–Kier alpha value is -4.48. The van der Waals surface area contributed by atoms with Crippen LogP contribution in [0.4, 0.5) is 17.6 Å². The Labute approximate surface area is 189 Å². The molecule has 34 heavy (non-hydrogen) atoms. The van der Waals surface area contributed by atoms with Crippen molar-refractivity contribution >= 4 is 17.5 Å². The maximum atomic E-state index is 13.7. The first kappa shape index (κ1) is 22.7. The van der Waals surface area contributed by atoms with Crippen molar-refractivity contribution in [3.63, 3.8) is 0 Å². The second-order valence-corrected chi connectivity index (χ2v) is 6.91. The molecule has 8 nitrogen and oxygen atoms in total. The number of aromatic nitrogens is 3. The van der Waals surface area contributed by atoms with E-state index in [1.165, 1.54) is 31.4 Å². The SMILES string of the molecule is COc1ccc(-c2cc(C(F)(F)F)n3ncc(C(=O)O/N=C(\N)c4ccc(F)cc4)c3n2)cc1. The van der Waals surface area contributed by atoms with E-state index in [2.05, 4.69) is 15.2 Å². The third kappa shape index (κ3) is 4.51. The predicted octanol–water partition coefficient (Wildman–Crippen LogP) is 4.04. The number of hydrogen-bond donors (Lipinski definition) is 1. The molecule has 12 heteroatoms. The summed E-state index contributed by atoms with van der Waals surface area (Å²) in [5.41, 5.74) is 4.40. The van der Waals surface area contributed by atoms with E-state index in [0.717, 1.165) is 24.4 Å². The van der Waals surface area contributed by atoms with Gasteiger partial charge in [-0.15, -0.1) is 0 Å². The van der Waals surface area contributed by atoms with E-state index in [4.69, 9.17) is 15.3 Å². The van der Waals surface area contributed by atoms with Gasteiger partial charge in [0.25, 0.3) is 0 Å². The van der Waals surface area contributed by atoms with Crippen LogP contribution in [0, 0.1) is 5.82 Å². The Bertz CT molecular complexity index is 1380. The van der Waals surface area contributed by atoms with Crippen LogP contribution in [0.3, 0.4) is 0 Å². The first-order valence-corrected chi connectivity index (χ1v) is 9.58. The molecule has 0 atom stereocenters. The van der Waals surface area contributed by atoms with E-state index in [1.54, 1.807) is 12.1 Å². The topological polar surface area (TPSA) is 104 Å². The van der Waals surface area contributed by atoms with Crippen LogP contribution in [0.5, 0.6) is 5.75 Å². The minimum Gasteiger partial charge on any atom is -0.497 e. The molecular weight excluding hydrogens is 458 g/mol. The van der Waals surface area contributed by atoms with E-state index >= 15 is 0 Å². The lowest BCUT2D eigenvalue weighted by atomic mass is 10.1. The van der Waals surface area contributed by atoms with Crippen molar-refractivity contribution in [3.05, 3.63) is 83.4 Å². The van der Waals surface area contributed by atoms with Crippen molar-refractivity contribution < 1.29 is 31.9 Å². The highest BCUT2D eigenvalue weighted by Crippen LogP contribution is 2.33. The van der Waals surface area contributed by atoms with Gasteiger partial charge >= 0.3 is 12.1 Å². The minimum atomic E-state index is -4.79. The second-order valence-electron chi connectivity index (χ2n) is 6.91. The molecule has 2 N–H and O–H groups in total. The summed E-state index contributed by atoms with van der Waals surface area (Å²) in [6, 6.07) is 11.9. The van der Waals surface area contributed by atoms with Crippen LogP contribution >= 0.6 is 0 Å². The molecule has 4 rings (SSSR count). The third-order valence-electron chi connectivity index (χ3n) is 4.73. The summed E-state index contributed by atoms with van der Waals surface area (Å²) < 4.78 is 59.8. The van der Waals surface area contributed by atoms with Crippen LogP contribution in [-0.2, 0) is 11.0 Å². The standard InChI is InChI=1S/C22H15F4N5O3/c1-33-15-8-4-12(5-9-15)17-10-18(22(24,25)26)31-20(29-17)16(11-28-31)21(32)34-30-19(27)13-2-6-14(23)7-3-13/h2-11H,1H3,(H2,27,30). The van der Waals surface area contributed by atoms with Gasteiger partial charge in [-0.2, -0.15) is 18.3 Å². The van der Waals surface area contributed by atoms with Gasteiger partial charge < -0.3 is 15.3 Å². The monoisotopic (exact) mass is 473 g/mol. The average molecular weight is 473 g/mol. The maximum Gasteiger partial charge on any atom is 0.433 e.